The van der Waals surface area contributed by atoms with Gasteiger partial charge in [-0.3, -0.25) is 19.8 Å². The van der Waals surface area contributed by atoms with Crippen LogP contribution in [0, 0.1) is 28.4 Å². The normalized spacial score (nSPS) is 24.6. The Morgan fingerprint density at radius 2 is 1.63 bits per heavy atom. The Labute approximate surface area is 325 Å². The van der Waals surface area contributed by atoms with Gasteiger partial charge in [0.25, 0.3) is 21.6 Å². The highest BCUT2D eigenvalue weighted by atomic mass is 35.5. The summed E-state index contributed by atoms with van der Waals surface area (Å²) in [5.74, 6) is -0.553. The molecule has 1 atom stereocenters. The summed E-state index contributed by atoms with van der Waals surface area (Å²) in [6.45, 7) is 7.60. The second kappa shape index (κ2) is 16.2. The van der Waals surface area contributed by atoms with E-state index < -0.39 is 26.5 Å². The Morgan fingerprint density at radius 1 is 0.944 bits per heavy atom. The third kappa shape index (κ3) is 8.72. The van der Waals surface area contributed by atoms with Crippen LogP contribution in [0.4, 0.5) is 17.1 Å². The van der Waals surface area contributed by atoms with E-state index in [4.69, 9.17) is 0 Å². The molecule has 0 unspecified atom stereocenters. The van der Waals surface area contributed by atoms with Gasteiger partial charge in [-0.2, -0.15) is 0 Å². The molecule has 0 radical (unpaired) electrons. The number of nitrogens with one attached hydrogen (secondary N) is 2. The molecule has 4 fully saturated rings. The number of rotatable bonds is 10. The van der Waals surface area contributed by atoms with E-state index in [1.54, 1.807) is 12.1 Å². The summed E-state index contributed by atoms with van der Waals surface area (Å²) >= 11 is 0. The zero-order valence-electron chi connectivity index (χ0n) is 31.3. The summed E-state index contributed by atoms with van der Waals surface area (Å²) in [5, 5.41) is 25.2. The topological polar surface area (TPSA) is 145 Å². The third-order valence-corrected chi connectivity index (χ3v) is 14.0. The number of halogens is 1. The highest BCUT2D eigenvalue weighted by Gasteiger charge is 2.49. The Morgan fingerprint density at radius 3 is 2.30 bits per heavy atom. The SMILES string of the molecule is Cc1ccccc1[C@@H]1CCCCN1C1CC2(CCN(c3ccc(C(=O)NS(=O)(=O)c4ccc(NCC5CCC(C)(O)CC5)c([N+](=O)[O-])c4)cc3)CC2)C1.Cl. The number of hydrogen-bond donors (Lipinski definition) is 3. The summed E-state index contributed by atoms with van der Waals surface area (Å²) in [6.07, 6.45) is 11.5. The molecule has 11 nitrogen and oxygen atoms in total. The van der Waals surface area contributed by atoms with Crippen LogP contribution in [-0.4, -0.2) is 67.1 Å². The number of nitro benzene ring substituents is 1. The van der Waals surface area contributed by atoms with Gasteiger partial charge < -0.3 is 15.3 Å². The zero-order chi connectivity index (χ0) is 37.4. The molecule has 0 aromatic heterocycles. The maximum atomic E-state index is 13.2. The summed E-state index contributed by atoms with van der Waals surface area (Å²) < 4.78 is 28.5. The Bertz CT molecular complexity index is 1910. The smallest absolute Gasteiger partial charge is 0.293 e. The first kappa shape index (κ1) is 40.0. The van der Waals surface area contributed by atoms with Crippen molar-refractivity contribution in [3.8, 4) is 0 Å². The van der Waals surface area contributed by atoms with Gasteiger partial charge in [-0.15, -0.1) is 12.4 Å². The zero-order valence-corrected chi connectivity index (χ0v) is 33.0. The number of piperidine rings is 2. The number of nitrogens with zero attached hydrogens (tertiary/aromatic N) is 3. The molecule has 3 N–H and O–H groups in total. The standard InChI is InChI=1S/C41H53N5O6S.ClH/c1-29-7-3-4-8-35(29)37-9-5-6-22-45(37)33-26-41(27-33)20-23-44(24-21-41)32-12-10-31(11-13-32)39(47)43-53(51,52)34-14-15-36(38(25-34)46(49)50)42-28-30-16-18-40(2,48)19-17-30;/h3-4,7-8,10-15,25,30,33,37,42,48H,5-6,9,16-24,26-28H2,1-2H3,(H,43,47);1H/t30?,37-,40?;/m0./s1. The van der Waals surface area contributed by atoms with Crippen molar-refractivity contribution in [2.24, 2.45) is 11.3 Å². The van der Waals surface area contributed by atoms with Gasteiger partial charge in [0, 0.05) is 49.0 Å². The molecule has 2 aliphatic heterocycles. The molecule has 292 valence electrons. The molecule has 1 amide bonds. The predicted molar refractivity (Wildman–Crippen MR) is 214 cm³/mol. The Kier molecular flexibility index (Phi) is 12.0. The minimum Gasteiger partial charge on any atom is -0.390 e. The number of carbonyl (C=O) groups is 1. The van der Waals surface area contributed by atoms with Gasteiger partial charge in [-0.25, -0.2) is 13.1 Å². The van der Waals surface area contributed by atoms with Crippen LogP contribution in [0.1, 0.15) is 105 Å². The van der Waals surface area contributed by atoms with Gasteiger partial charge in [0.1, 0.15) is 5.69 Å². The van der Waals surface area contributed by atoms with Crippen molar-refractivity contribution in [3.05, 3.63) is 93.5 Å². The van der Waals surface area contributed by atoms with E-state index in [0.717, 1.165) is 50.5 Å². The minimum atomic E-state index is -4.38. The molecular weight excluding hydrogens is 726 g/mol. The highest BCUT2D eigenvalue weighted by Crippen LogP contribution is 2.53. The van der Waals surface area contributed by atoms with Crippen molar-refractivity contribution in [3.63, 3.8) is 0 Å². The van der Waals surface area contributed by atoms with Crippen molar-refractivity contribution >= 4 is 45.4 Å². The van der Waals surface area contributed by atoms with Crippen molar-refractivity contribution in [2.75, 3.05) is 36.4 Å². The quantitative estimate of drug-likeness (QED) is 0.139. The molecular formula is C41H54ClN5O6S. The fourth-order valence-corrected chi connectivity index (χ4v) is 10.3. The van der Waals surface area contributed by atoms with Crippen LogP contribution in [0.3, 0.4) is 0 Å². The van der Waals surface area contributed by atoms with E-state index in [9.17, 15) is 28.4 Å². The van der Waals surface area contributed by atoms with Crippen molar-refractivity contribution < 1.29 is 23.2 Å². The average Bonchev–Trinajstić information content (AvgIpc) is 3.13. The van der Waals surface area contributed by atoms with E-state index >= 15 is 0 Å². The van der Waals surface area contributed by atoms with Crippen molar-refractivity contribution in [1.82, 2.24) is 9.62 Å². The van der Waals surface area contributed by atoms with Gasteiger partial charge in [0.05, 0.1) is 15.4 Å². The van der Waals surface area contributed by atoms with Crippen LogP contribution in [0.15, 0.2) is 71.6 Å². The molecule has 13 heteroatoms. The number of nitro groups is 1. The molecule has 2 saturated carbocycles. The van der Waals surface area contributed by atoms with Gasteiger partial charge in [0.15, 0.2) is 0 Å². The molecule has 3 aromatic carbocycles. The fourth-order valence-electron chi connectivity index (χ4n) is 9.31. The first-order valence-electron chi connectivity index (χ1n) is 19.3. The highest BCUT2D eigenvalue weighted by molar-refractivity contribution is 7.90. The number of aliphatic hydroxyl groups is 1. The van der Waals surface area contributed by atoms with Crippen LogP contribution in [-0.2, 0) is 10.0 Å². The number of aryl methyl sites for hydroxylation is 1. The summed E-state index contributed by atoms with van der Waals surface area (Å²) in [6, 6.07) is 20.6. The average molecular weight is 780 g/mol. The number of likely N-dealkylation sites (tertiary alicyclic amines) is 1. The summed E-state index contributed by atoms with van der Waals surface area (Å²) in [4.78, 5) is 29.1. The van der Waals surface area contributed by atoms with Crippen LogP contribution in [0.25, 0.3) is 0 Å². The number of anilines is 2. The summed E-state index contributed by atoms with van der Waals surface area (Å²) in [7, 11) is -4.38. The first-order chi connectivity index (χ1) is 25.3. The third-order valence-electron chi connectivity index (χ3n) is 12.7. The van der Waals surface area contributed by atoms with Gasteiger partial charge in [-0.05, 0) is 143 Å². The lowest BCUT2D eigenvalue weighted by molar-refractivity contribution is -0.384. The molecule has 0 bridgehead atoms. The molecule has 3 aromatic rings. The maximum absolute atomic E-state index is 13.2. The largest absolute Gasteiger partial charge is 0.390 e. The Hall–Kier alpha value is -3.71. The van der Waals surface area contributed by atoms with E-state index in [1.165, 1.54) is 61.9 Å². The van der Waals surface area contributed by atoms with Gasteiger partial charge >= 0.3 is 0 Å². The predicted octanol–water partition coefficient (Wildman–Crippen LogP) is 7.77. The maximum Gasteiger partial charge on any atom is 0.293 e. The van der Waals surface area contributed by atoms with Crippen LogP contribution in [0.5, 0.6) is 0 Å². The minimum absolute atomic E-state index is 0. The molecule has 1 spiro atoms. The van der Waals surface area contributed by atoms with Crippen LogP contribution < -0.4 is 14.9 Å². The van der Waals surface area contributed by atoms with E-state index in [0.29, 0.717) is 36.9 Å². The molecule has 2 aliphatic carbocycles. The lowest BCUT2D eigenvalue weighted by Crippen LogP contribution is -2.56. The molecule has 54 heavy (non-hydrogen) atoms. The second-order valence-electron chi connectivity index (χ2n) is 16.4. The fraction of sp³-hybridized carbons (Fsp3) is 0.537. The van der Waals surface area contributed by atoms with E-state index in [2.05, 4.69) is 51.0 Å². The van der Waals surface area contributed by atoms with E-state index in [-0.39, 0.29) is 40.2 Å². The lowest BCUT2D eigenvalue weighted by Gasteiger charge is -2.57. The lowest BCUT2D eigenvalue weighted by atomic mass is 9.59. The number of hydrogen-bond acceptors (Lipinski definition) is 9. The second-order valence-corrected chi connectivity index (χ2v) is 18.1. The number of sulfonamides is 1. The first-order valence-corrected chi connectivity index (χ1v) is 20.8. The molecule has 4 aliphatic rings. The molecule has 2 heterocycles. The molecule has 2 saturated heterocycles. The van der Waals surface area contributed by atoms with Gasteiger partial charge in [-0.1, -0.05) is 30.7 Å². The van der Waals surface area contributed by atoms with Crippen LogP contribution >= 0.6 is 12.4 Å². The molecule has 7 rings (SSSR count). The van der Waals surface area contributed by atoms with E-state index in [1.807, 2.05) is 19.1 Å². The van der Waals surface area contributed by atoms with Crippen molar-refractivity contribution in [2.45, 2.75) is 107 Å². The summed E-state index contributed by atoms with van der Waals surface area (Å²) in [5.41, 5.74) is 3.62. The number of amides is 1. The van der Waals surface area contributed by atoms with Gasteiger partial charge in [0.2, 0.25) is 0 Å². The number of benzene rings is 3. The monoisotopic (exact) mass is 779 g/mol. The number of carbonyl (C=O) groups excluding carboxylic acids is 1. The van der Waals surface area contributed by atoms with Crippen LogP contribution in [0.2, 0.25) is 0 Å². The van der Waals surface area contributed by atoms with Crippen molar-refractivity contribution in [1.29, 1.82) is 0 Å². The Balaban J connectivity index is 0.00000497.